The van der Waals surface area contributed by atoms with Crippen molar-refractivity contribution in [1.29, 1.82) is 0 Å². The van der Waals surface area contributed by atoms with Crippen LogP contribution in [0.15, 0.2) is 46.9 Å². The summed E-state index contributed by atoms with van der Waals surface area (Å²) in [7, 11) is -1.98. The molecule has 0 saturated carbocycles. The van der Waals surface area contributed by atoms with Crippen molar-refractivity contribution in [2.24, 2.45) is 0 Å². The number of benzene rings is 2. The predicted octanol–water partition coefficient (Wildman–Crippen LogP) is 3.78. The zero-order chi connectivity index (χ0) is 24.8. The zero-order valence-electron chi connectivity index (χ0n) is 19.8. The average Bonchev–Trinajstić information content (AvgIpc) is 2.76. The number of carbonyl (C=O) groups excluding carboxylic acids is 2. The molecule has 1 unspecified atom stereocenters. The fraction of sp³-hybridized carbons (Fsp3) is 0.417. The van der Waals surface area contributed by atoms with E-state index in [0.717, 1.165) is 21.2 Å². The van der Waals surface area contributed by atoms with Crippen molar-refractivity contribution in [1.82, 2.24) is 10.2 Å². The lowest BCUT2D eigenvalue weighted by atomic mass is 10.1. The van der Waals surface area contributed by atoms with Crippen molar-refractivity contribution in [2.75, 3.05) is 24.2 Å². The number of aryl methyl sites for hydroxylation is 2. The summed E-state index contributed by atoms with van der Waals surface area (Å²) in [6.45, 7) is 5.92. The maximum absolute atomic E-state index is 13.1. The minimum absolute atomic E-state index is 0.120. The monoisotopic (exact) mass is 537 g/mol. The second-order valence-electron chi connectivity index (χ2n) is 8.17. The van der Waals surface area contributed by atoms with Gasteiger partial charge in [-0.3, -0.25) is 13.9 Å². The van der Waals surface area contributed by atoms with Gasteiger partial charge in [-0.1, -0.05) is 40.2 Å². The van der Waals surface area contributed by atoms with Gasteiger partial charge in [0.25, 0.3) is 0 Å². The van der Waals surface area contributed by atoms with Crippen LogP contribution in [0.3, 0.4) is 0 Å². The molecule has 0 spiro atoms. The molecule has 0 aliphatic rings. The Balaban J connectivity index is 2.17. The van der Waals surface area contributed by atoms with Crippen LogP contribution in [0.2, 0.25) is 0 Å². The van der Waals surface area contributed by atoms with Crippen LogP contribution in [0.25, 0.3) is 0 Å². The normalized spacial score (nSPS) is 12.2. The van der Waals surface area contributed by atoms with E-state index in [2.05, 4.69) is 21.2 Å². The number of nitrogens with zero attached hydrogens (tertiary/aromatic N) is 2. The van der Waals surface area contributed by atoms with Crippen LogP contribution in [0.5, 0.6) is 0 Å². The first-order chi connectivity index (χ1) is 15.4. The third kappa shape index (κ3) is 7.57. The number of amides is 2. The van der Waals surface area contributed by atoms with Crippen LogP contribution in [0, 0.1) is 13.8 Å². The number of hydrogen-bond acceptors (Lipinski definition) is 4. The number of nitrogens with one attached hydrogen (secondary N) is 1. The van der Waals surface area contributed by atoms with E-state index in [1.165, 1.54) is 22.5 Å². The number of likely N-dealkylation sites (N-methyl/N-ethyl adjacent to an activating group) is 1. The Bertz CT molecular complexity index is 1090. The van der Waals surface area contributed by atoms with Crippen LogP contribution in [-0.2, 0) is 26.2 Å². The lowest BCUT2D eigenvalue weighted by molar-refractivity contribution is -0.140. The number of rotatable bonds is 10. The standard InChI is InChI=1S/C24H32BrN3O4S/c1-17-8-9-18(2)22(15-17)28(33(5,31)32)14-6-7-23(29)27(19(3)24(30)26-4)16-20-10-12-21(25)13-11-20/h8-13,15,19H,6-7,14,16H2,1-5H3,(H,26,30). The molecule has 2 aromatic carbocycles. The smallest absolute Gasteiger partial charge is 0.242 e. The lowest BCUT2D eigenvalue weighted by Crippen LogP contribution is -2.46. The molecule has 7 nitrogen and oxygen atoms in total. The molecule has 0 fully saturated rings. The van der Waals surface area contributed by atoms with Gasteiger partial charge in [-0.2, -0.15) is 0 Å². The Morgan fingerprint density at radius 3 is 2.30 bits per heavy atom. The summed E-state index contributed by atoms with van der Waals surface area (Å²) in [4.78, 5) is 26.9. The van der Waals surface area contributed by atoms with Gasteiger partial charge in [0.1, 0.15) is 6.04 Å². The summed E-state index contributed by atoms with van der Waals surface area (Å²) >= 11 is 3.40. The topological polar surface area (TPSA) is 86.8 Å². The van der Waals surface area contributed by atoms with Gasteiger partial charge in [-0.25, -0.2) is 8.42 Å². The molecule has 0 radical (unpaired) electrons. The van der Waals surface area contributed by atoms with Crippen molar-refractivity contribution < 1.29 is 18.0 Å². The Morgan fingerprint density at radius 2 is 1.73 bits per heavy atom. The van der Waals surface area contributed by atoms with Gasteiger partial charge in [-0.05, 0) is 62.1 Å². The molecule has 0 aliphatic heterocycles. The van der Waals surface area contributed by atoms with Crippen molar-refractivity contribution >= 4 is 43.5 Å². The van der Waals surface area contributed by atoms with E-state index in [-0.39, 0.29) is 31.3 Å². The maximum Gasteiger partial charge on any atom is 0.242 e. The van der Waals surface area contributed by atoms with Gasteiger partial charge in [0.05, 0.1) is 11.9 Å². The summed E-state index contributed by atoms with van der Waals surface area (Å²) in [5.41, 5.74) is 3.33. The second-order valence-corrected chi connectivity index (χ2v) is 11.0. The molecule has 0 bridgehead atoms. The van der Waals surface area contributed by atoms with Crippen molar-refractivity contribution in [3.8, 4) is 0 Å². The first-order valence-electron chi connectivity index (χ1n) is 10.7. The first kappa shape index (κ1) is 26.9. The Labute approximate surface area is 205 Å². The van der Waals surface area contributed by atoms with Gasteiger partial charge < -0.3 is 10.2 Å². The number of halogens is 1. The van der Waals surface area contributed by atoms with Crippen LogP contribution < -0.4 is 9.62 Å². The van der Waals surface area contributed by atoms with E-state index in [4.69, 9.17) is 0 Å². The molecule has 9 heteroatoms. The minimum Gasteiger partial charge on any atom is -0.357 e. The molecule has 0 saturated heterocycles. The fourth-order valence-corrected chi connectivity index (χ4v) is 4.83. The molecule has 2 aromatic rings. The number of hydrogen-bond donors (Lipinski definition) is 1. The van der Waals surface area contributed by atoms with Gasteiger partial charge >= 0.3 is 0 Å². The van der Waals surface area contributed by atoms with Crippen molar-refractivity contribution in [3.63, 3.8) is 0 Å². The highest BCUT2D eigenvalue weighted by molar-refractivity contribution is 9.10. The van der Waals surface area contributed by atoms with E-state index in [1.807, 2.05) is 56.3 Å². The number of anilines is 1. The maximum atomic E-state index is 13.1. The summed E-state index contributed by atoms with van der Waals surface area (Å²) < 4.78 is 27.2. The van der Waals surface area contributed by atoms with E-state index >= 15 is 0 Å². The molecular weight excluding hydrogens is 506 g/mol. The van der Waals surface area contributed by atoms with E-state index in [9.17, 15) is 18.0 Å². The van der Waals surface area contributed by atoms with Crippen molar-refractivity contribution in [2.45, 2.75) is 46.2 Å². The summed E-state index contributed by atoms with van der Waals surface area (Å²) in [5, 5.41) is 2.59. The Kier molecular flexibility index (Phi) is 9.48. The van der Waals surface area contributed by atoms with Gasteiger partial charge in [0.15, 0.2) is 0 Å². The minimum atomic E-state index is -3.52. The molecule has 1 atom stereocenters. The third-order valence-electron chi connectivity index (χ3n) is 5.47. The van der Waals surface area contributed by atoms with Crippen LogP contribution in [0.1, 0.15) is 36.5 Å². The molecule has 2 rings (SSSR count). The first-order valence-corrected chi connectivity index (χ1v) is 13.4. The Hall–Kier alpha value is -2.39. The molecule has 2 amide bonds. The third-order valence-corrected chi connectivity index (χ3v) is 7.17. The number of carbonyl (C=O) groups is 2. The fourth-order valence-electron chi connectivity index (χ4n) is 3.55. The van der Waals surface area contributed by atoms with Crippen molar-refractivity contribution in [3.05, 3.63) is 63.6 Å². The highest BCUT2D eigenvalue weighted by Gasteiger charge is 2.26. The largest absolute Gasteiger partial charge is 0.357 e. The SMILES string of the molecule is CNC(=O)C(C)N(Cc1ccc(Br)cc1)C(=O)CCCN(c1cc(C)ccc1C)S(C)(=O)=O. The van der Waals surface area contributed by atoms with Gasteiger partial charge in [0, 0.05) is 31.0 Å². The average molecular weight is 539 g/mol. The molecule has 180 valence electrons. The van der Waals surface area contributed by atoms with E-state index in [1.54, 1.807) is 6.92 Å². The zero-order valence-corrected chi connectivity index (χ0v) is 22.2. The van der Waals surface area contributed by atoms with Crippen LogP contribution >= 0.6 is 15.9 Å². The molecular formula is C24H32BrN3O4S. The second kappa shape index (κ2) is 11.7. The van der Waals surface area contributed by atoms with Gasteiger partial charge in [-0.15, -0.1) is 0 Å². The quantitative estimate of drug-likeness (QED) is 0.499. The molecule has 1 N–H and O–H groups in total. The predicted molar refractivity (Wildman–Crippen MR) is 136 cm³/mol. The van der Waals surface area contributed by atoms with E-state index < -0.39 is 16.1 Å². The highest BCUT2D eigenvalue weighted by atomic mass is 79.9. The number of sulfonamides is 1. The molecule has 0 heterocycles. The van der Waals surface area contributed by atoms with E-state index in [0.29, 0.717) is 12.1 Å². The summed E-state index contributed by atoms with van der Waals surface area (Å²) in [6.07, 6.45) is 1.62. The lowest BCUT2D eigenvalue weighted by Gasteiger charge is -2.29. The Morgan fingerprint density at radius 1 is 1.09 bits per heavy atom. The summed E-state index contributed by atoms with van der Waals surface area (Å²) in [5.74, 6) is -0.461. The van der Waals surface area contributed by atoms with Crippen LogP contribution in [0.4, 0.5) is 5.69 Å². The van der Waals surface area contributed by atoms with Gasteiger partial charge in [0.2, 0.25) is 21.8 Å². The molecule has 0 aliphatic carbocycles. The summed E-state index contributed by atoms with van der Waals surface area (Å²) in [6, 6.07) is 12.6. The molecule has 33 heavy (non-hydrogen) atoms. The van der Waals surface area contributed by atoms with Crippen LogP contribution in [-0.4, -0.2) is 51.0 Å². The highest BCUT2D eigenvalue weighted by Crippen LogP contribution is 2.24. The molecule has 0 aromatic heterocycles.